The molecule has 0 spiro atoms. The first-order chi connectivity index (χ1) is 11.5. The molecule has 3 rings (SSSR count). The van der Waals surface area contributed by atoms with E-state index < -0.39 is 15.1 Å². The average Bonchev–Trinajstić information content (AvgIpc) is 3.10. The van der Waals surface area contributed by atoms with Crippen molar-refractivity contribution in [2.45, 2.75) is 23.0 Å². The second-order valence-corrected chi connectivity index (χ2v) is 8.29. The van der Waals surface area contributed by atoms with Crippen LogP contribution >= 0.6 is 11.6 Å². The van der Waals surface area contributed by atoms with Gasteiger partial charge in [-0.3, -0.25) is 4.79 Å². The maximum absolute atomic E-state index is 13.2. The molecule has 0 saturated carbocycles. The fourth-order valence-electron chi connectivity index (χ4n) is 2.97. The predicted octanol–water partition coefficient (Wildman–Crippen LogP) is 3.48. The fourth-order valence-corrected chi connectivity index (χ4v) is 4.90. The molecule has 4 nitrogen and oxygen atoms in total. The number of benzene rings is 2. The van der Waals surface area contributed by atoms with Gasteiger partial charge in [0, 0.05) is 18.1 Å². The van der Waals surface area contributed by atoms with Crippen molar-refractivity contribution in [2.24, 2.45) is 0 Å². The molecule has 0 radical (unpaired) electrons. The highest BCUT2D eigenvalue weighted by Gasteiger charge is 2.38. The predicted molar refractivity (Wildman–Crippen MR) is 93.6 cm³/mol. The number of nitrogens with zero attached hydrogens (tertiary/aromatic N) is 1. The Balaban J connectivity index is 2.09. The maximum atomic E-state index is 13.2. The molecule has 1 heterocycles. The van der Waals surface area contributed by atoms with Crippen LogP contribution in [0.25, 0.3) is 0 Å². The molecule has 0 bridgehead atoms. The summed E-state index contributed by atoms with van der Waals surface area (Å²) in [5.74, 6) is -0.376. The lowest BCUT2D eigenvalue weighted by molar-refractivity contribution is -0.129. The number of amides is 1. The topological polar surface area (TPSA) is 54.5 Å². The first-order valence-electron chi connectivity index (χ1n) is 7.83. The number of rotatable bonds is 4. The van der Waals surface area contributed by atoms with Crippen molar-refractivity contribution >= 4 is 27.3 Å². The molecule has 0 unspecified atom stereocenters. The SMILES string of the molecule is O=C([C@@H](c1cccc(Cl)c1)S(=O)(=O)c1ccccc1)N1CCCC1. The molecular weight excluding hydrogens is 346 g/mol. The molecule has 126 valence electrons. The largest absolute Gasteiger partial charge is 0.341 e. The molecule has 2 aromatic carbocycles. The van der Waals surface area contributed by atoms with E-state index in [0.29, 0.717) is 23.7 Å². The van der Waals surface area contributed by atoms with Crippen molar-refractivity contribution in [3.63, 3.8) is 0 Å². The molecule has 1 fully saturated rings. The van der Waals surface area contributed by atoms with Gasteiger partial charge in [-0.1, -0.05) is 41.9 Å². The van der Waals surface area contributed by atoms with Gasteiger partial charge in [0.1, 0.15) is 0 Å². The zero-order valence-corrected chi connectivity index (χ0v) is 14.6. The van der Waals surface area contributed by atoms with E-state index in [2.05, 4.69) is 0 Å². The van der Waals surface area contributed by atoms with Crippen LogP contribution < -0.4 is 0 Å². The zero-order chi connectivity index (χ0) is 17.2. The molecule has 1 atom stereocenters. The normalized spacial score (nSPS) is 16.1. The van der Waals surface area contributed by atoms with Gasteiger partial charge in [0.15, 0.2) is 15.1 Å². The Labute approximate surface area is 147 Å². The number of halogens is 1. The van der Waals surface area contributed by atoms with Crippen molar-refractivity contribution in [3.05, 3.63) is 65.2 Å². The minimum atomic E-state index is -3.86. The minimum absolute atomic E-state index is 0.141. The summed E-state index contributed by atoms with van der Waals surface area (Å²) in [7, 11) is -3.86. The molecule has 0 aromatic heterocycles. The molecule has 6 heteroatoms. The summed E-state index contributed by atoms with van der Waals surface area (Å²) in [5.41, 5.74) is 0.406. The van der Waals surface area contributed by atoms with Crippen LogP contribution in [-0.2, 0) is 14.6 Å². The van der Waals surface area contributed by atoms with Crippen LogP contribution in [0.1, 0.15) is 23.7 Å². The van der Waals surface area contributed by atoms with Crippen LogP contribution in [0.5, 0.6) is 0 Å². The van der Waals surface area contributed by atoms with E-state index in [1.165, 1.54) is 12.1 Å². The molecule has 0 aliphatic carbocycles. The van der Waals surface area contributed by atoms with Crippen molar-refractivity contribution in [1.29, 1.82) is 0 Å². The molecule has 2 aromatic rings. The van der Waals surface area contributed by atoms with Gasteiger partial charge < -0.3 is 4.90 Å². The average molecular weight is 364 g/mol. The Morgan fingerprint density at radius 3 is 2.29 bits per heavy atom. The second-order valence-electron chi connectivity index (χ2n) is 5.83. The zero-order valence-electron chi connectivity index (χ0n) is 13.1. The Kier molecular flexibility index (Phi) is 4.92. The van der Waals surface area contributed by atoms with E-state index in [1.807, 2.05) is 0 Å². The summed E-state index contributed by atoms with van der Waals surface area (Å²) >= 11 is 6.03. The van der Waals surface area contributed by atoms with Gasteiger partial charge in [-0.25, -0.2) is 8.42 Å². The lowest BCUT2D eigenvalue weighted by Gasteiger charge is -2.23. The van der Waals surface area contributed by atoms with E-state index in [1.54, 1.807) is 47.4 Å². The van der Waals surface area contributed by atoms with Gasteiger partial charge in [0.2, 0.25) is 5.91 Å². The Morgan fingerprint density at radius 2 is 1.67 bits per heavy atom. The van der Waals surface area contributed by atoms with Gasteiger partial charge in [-0.05, 0) is 42.7 Å². The van der Waals surface area contributed by atoms with Crippen LogP contribution in [0.4, 0.5) is 0 Å². The summed E-state index contributed by atoms with van der Waals surface area (Å²) in [5, 5.41) is -0.855. The van der Waals surface area contributed by atoms with Crippen molar-refractivity contribution in [3.8, 4) is 0 Å². The van der Waals surface area contributed by atoms with Gasteiger partial charge >= 0.3 is 0 Å². The third kappa shape index (κ3) is 3.32. The van der Waals surface area contributed by atoms with Gasteiger partial charge in [-0.15, -0.1) is 0 Å². The van der Waals surface area contributed by atoms with Crippen LogP contribution in [0.3, 0.4) is 0 Å². The summed E-state index contributed by atoms with van der Waals surface area (Å²) in [4.78, 5) is 14.8. The monoisotopic (exact) mass is 363 g/mol. The fraction of sp³-hybridized carbons (Fsp3) is 0.278. The van der Waals surface area contributed by atoms with E-state index in [0.717, 1.165) is 12.8 Å². The Hall–Kier alpha value is -1.85. The third-order valence-electron chi connectivity index (χ3n) is 4.18. The number of likely N-dealkylation sites (tertiary alicyclic amines) is 1. The molecule has 1 saturated heterocycles. The Morgan fingerprint density at radius 1 is 1.00 bits per heavy atom. The van der Waals surface area contributed by atoms with E-state index in [4.69, 9.17) is 11.6 Å². The van der Waals surface area contributed by atoms with Crippen molar-refractivity contribution in [1.82, 2.24) is 4.90 Å². The summed E-state index contributed by atoms with van der Waals surface area (Å²) < 4.78 is 26.3. The lowest BCUT2D eigenvalue weighted by Crippen LogP contribution is -2.36. The second kappa shape index (κ2) is 6.95. The summed E-state index contributed by atoms with van der Waals surface area (Å²) in [6, 6.07) is 14.6. The first kappa shape index (κ1) is 17.0. The molecule has 0 N–H and O–H groups in total. The van der Waals surface area contributed by atoms with Crippen LogP contribution in [0.15, 0.2) is 59.5 Å². The number of hydrogen-bond acceptors (Lipinski definition) is 3. The highest BCUT2D eigenvalue weighted by Crippen LogP contribution is 2.33. The minimum Gasteiger partial charge on any atom is -0.341 e. The molecule has 1 aliphatic heterocycles. The first-order valence-corrected chi connectivity index (χ1v) is 9.76. The lowest BCUT2D eigenvalue weighted by atomic mass is 10.1. The smallest absolute Gasteiger partial charge is 0.245 e. The standard InChI is InChI=1S/C18H18ClNO3S/c19-15-8-6-7-14(13-15)17(18(21)20-11-4-5-12-20)24(22,23)16-9-2-1-3-10-16/h1-3,6-10,13,17H,4-5,11-12H2/t17-/m1/s1. The van der Waals surface area contributed by atoms with E-state index in [-0.39, 0.29) is 10.8 Å². The highest BCUT2D eigenvalue weighted by molar-refractivity contribution is 7.92. The van der Waals surface area contributed by atoms with Crippen LogP contribution in [-0.4, -0.2) is 32.3 Å². The van der Waals surface area contributed by atoms with Gasteiger partial charge in [0.05, 0.1) is 4.90 Å². The Bertz CT molecular complexity index is 830. The van der Waals surface area contributed by atoms with E-state index >= 15 is 0 Å². The number of hydrogen-bond donors (Lipinski definition) is 0. The van der Waals surface area contributed by atoms with Crippen molar-refractivity contribution in [2.75, 3.05) is 13.1 Å². The van der Waals surface area contributed by atoms with Crippen LogP contribution in [0.2, 0.25) is 5.02 Å². The molecule has 1 amide bonds. The highest BCUT2D eigenvalue weighted by atomic mass is 35.5. The molecule has 24 heavy (non-hydrogen) atoms. The summed E-state index contributed by atoms with van der Waals surface area (Å²) in [6.45, 7) is 1.19. The van der Waals surface area contributed by atoms with Crippen LogP contribution in [0, 0.1) is 0 Å². The number of sulfone groups is 1. The molecular formula is C18H18ClNO3S. The van der Waals surface area contributed by atoms with Gasteiger partial charge in [0.25, 0.3) is 0 Å². The third-order valence-corrected chi connectivity index (χ3v) is 6.43. The summed E-state index contributed by atoms with van der Waals surface area (Å²) in [6.07, 6.45) is 1.80. The van der Waals surface area contributed by atoms with Gasteiger partial charge in [-0.2, -0.15) is 0 Å². The number of carbonyl (C=O) groups is 1. The van der Waals surface area contributed by atoms with E-state index in [9.17, 15) is 13.2 Å². The maximum Gasteiger partial charge on any atom is 0.245 e. The molecule has 1 aliphatic rings. The quantitative estimate of drug-likeness (QED) is 0.835. The van der Waals surface area contributed by atoms with Crippen molar-refractivity contribution < 1.29 is 13.2 Å². The number of carbonyl (C=O) groups excluding carboxylic acids is 1.